The van der Waals surface area contributed by atoms with Gasteiger partial charge in [-0.25, -0.2) is 8.42 Å². The normalized spacial score (nSPS) is 14.4. The summed E-state index contributed by atoms with van der Waals surface area (Å²) < 4.78 is 28.0. The molecule has 0 heterocycles. The Balaban J connectivity index is 2.38. The van der Waals surface area contributed by atoms with E-state index in [1.54, 1.807) is 11.4 Å². The van der Waals surface area contributed by atoms with Crippen molar-refractivity contribution >= 4 is 10.0 Å². The van der Waals surface area contributed by atoms with Gasteiger partial charge in [0.1, 0.15) is 0 Å². The van der Waals surface area contributed by atoms with E-state index in [2.05, 4.69) is 19.2 Å². The first-order valence-electron chi connectivity index (χ1n) is 10.2. The maximum Gasteiger partial charge on any atom is 0.214 e. The Labute approximate surface area is 171 Å². The lowest BCUT2D eigenvalue weighted by molar-refractivity contribution is 0.300. The van der Waals surface area contributed by atoms with Gasteiger partial charge in [0.2, 0.25) is 10.0 Å². The molecule has 4 nitrogen and oxygen atoms in total. The third kappa shape index (κ3) is 5.66. The largest absolute Gasteiger partial charge is 0.311 e. The second-order valence-electron chi connectivity index (χ2n) is 7.34. The molecule has 2 aromatic rings. The fourth-order valence-electron chi connectivity index (χ4n) is 3.76. The Kier molecular flexibility index (Phi) is 8.67. The van der Waals surface area contributed by atoms with Crippen molar-refractivity contribution in [3.63, 3.8) is 0 Å². The molecule has 2 aromatic carbocycles. The highest BCUT2D eigenvalue weighted by Crippen LogP contribution is 2.35. The number of nitrogens with zero attached hydrogens (tertiary/aromatic N) is 1. The lowest BCUT2D eigenvalue weighted by Crippen LogP contribution is -2.40. The second kappa shape index (κ2) is 10.7. The minimum atomic E-state index is -3.39. The maximum absolute atomic E-state index is 13.2. The first-order chi connectivity index (χ1) is 13.4. The van der Waals surface area contributed by atoms with Crippen molar-refractivity contribution in [1.82, 2.24) is 9.62 Å². The summed E-state index contributed by atoms with van der Waals surface area (Å²) in [5.41, 5.74) is 2.06. The van der Waals surface area contributed by atoms with Crippen molar-refractivity contribution in [2.45, 2.75) is 45.2 Å². The molecule has 0 spiro atoms. The molecule has 2 atom stereocenters. The molecule has 28 heavy (non-hydrogen) atoms. The van der Waals surface area contributed by atoms with Crippen LogP contribution in [0.5, 0.6) is 0 Å². The van der Waals surface area contributed by atoms with Gasteiger partial charge in [0, 0.05) is 7.05 Å². The summed E-state index contributed by atoms with van der Waals surface area (Å²) in [5, 5.41) is 3.35. The van der Waals surface area contributed by atoms with E-state index in [1.807, 2.05) is 67.7 Å². The molecule has 0 saturated heterocycles. The van der Waals surface area contributed by atoms with E-state index in [0.29, 0.717) is 12.3 Å². The van der Waals surface area contributed by atoms with Gasteiger partial charge in [-0.3, -0.25) is 0 Å². The molecule has 2 unspecified atom stereocenters. The number of hydrogen-bond donors (Lipinski definition) is 1. The van der Waals surface area contributed by atoms with Gasteiger partial charge in [-0.1, -0.05) is 87.4 Å². The molecule has 2 rings (SSSR count). The van der Waals surface area contributed by atoms with Crippen molar-refractivity contribution in [2.75, 3.05) is 19.8 Å². The van der Waals surface area contributed by atoms with Crippen molar-refractivity contribution < 1.29 is 8.42 Å². The molecule has 1 N–H and O–H groups in total. The third-order valence-corrected chi connectivity index (χ3v) is 7.55. The summed E-state index contributed by atoms with van der Waals surface area (Å²) in [5.74, 6) is 0.636. The minimum absolute atomic E-state index is 0.142. The Morgan fingerprint density at radius 1 is 0.893 bits per heavy atom. The van der Waals surface area contributed by atoms with Crippen molar-refractivity contribution in [3.8, 4) is 0 Å². The quantitative estimate of drug-likeness (QED) is 0.589. The SMILES string of the molecule is CCC(CC)CCS(=O)(=O)N(C)C(c1ccccc1)C(NC)c1ccccc1. The Bertz CT molecular complexity index is 790. The molecule has 0 amide bonds. The summed E-state index contributed by atoms with van der Waals surface area (Å²) in [6, 6.07) is 19.5. The molecule has 154 valence electrons. The number of hydrogen-bond acceptors (Lipinski definition) is 3. The minimum Gasteiger partial charge on any atom is -0.311 e. The second-order valence-corrected chi connectivity index (χ2v) is 9.48. The van der Waals surface area contributed by atoms with Crippen LogP contribution < -0.4 is 5.32 Å². The van der Waals surface area contributed by atoms with E-state index in [0.717, 1.165) is 24.0 Å². The predicted molar refractivity (Wildman–Crippen MR) is 118 cm³/mol. The van der Waals surface area contributed by atoms with Crippen LogP contribution in [0.25, 0.3) is 0 Å². The van der Waals surface area contributed by atoms with Crippen LogP contribution in [-0.2, 0) is 10.0 Å². The van der Waals surface area contributed by atoms with Gasteiger partial charge in [0.05, 0.1) is 17.8 Å². The van der Waals surface area contributed by atoms with Crippen LogP contribution in [0, 0.1) is 5.92 Å². The zero-order valence-electron chi connectivity index (χ0n) is 17.5. The molecule has 0 aromatic heterocycles. The molecule has 0 radical (unpaired) electrons. The zero-order valence-corrected chi connectivity index (χ0v) is 18.3. The number of benzene rings is 2. The van der Waals surface area contributed by atoms with Gasteiger partial charge in [-0.2, -0.15) is 4.31 Å². The van der Waals surface area contributed by atoms with Crippen LogP contribution in [-0.4, -0.2) is 32.6 Å². The molecule has 0 aliphatic heterocycles. The number of likely N-dealkylation sites (N-methyl/N-ethyl adjacent to an activating group) is 2. The monoisotopic (exact) mass is 402 g/mol. The summed E-state index contributed by atoms with van der Waals surface area (Å²) in [7, 11) is 0.210. The summed E-state index contributed by atoms with van der Waals surface area (Å²) in [4.78, 5) is 0. The van der Waals surface area contributed by atoms with E-state index < -0.39 is 10.0 Å². The third-order valence-electron chi connectivity index (χ3n) is 5.70. The highest BCUT2D eigenvalue weighted by Gasteiger charge is 2.34. The summed E-state index contributed by atoms with van der Waals surface area (Å²) >= 11 is 0. The van der Waals surface area contributed by atoms with E-state index >= 15 is 0 Å². The molecular weight excluding hydrogens is 368 g/mol. The van der Waals surface area contributed by atoms with Crippen LogP contribution >= 0.6 is 0 Å². The molecule has 0 bridgehead atoms. The van der Waals surface area contributed by atoms with E-state index in [9.17, 15) is 8.42 Å². The average molecular weight is 403 g/mol. The van der Waals surface area contributed by atoms with Gasteiger partial charge in [0.25, 0.3) is 0 Å². The van der Waals surface area contributed by atoms with E-state index in [-0.39, 0.29) is 17.8 Å². The lowest BCUT2D eigenvalue weighted by Gasteiger charge is -2.35. The summed E-state index contributed by atoms with van der Waals surface area (Å²) in [6.45, 7) is 4.26. The van der Waals surface area contributed by atoms with Crippen molar-refractivity contribution in [1.29, 1.82) is 0 Å². The Hall–Kier alpha value is -1.69. The Morgan fingerprint density at radius 3 is 1.86 bits per heavy atom. The number of rotatable bonds is 11. The van der Waals surface area contributed by atoms with Crippen LogP contribution in [0.3, 0.4) is 0 Å². The van der Waals surface area contributed by atoms with Crippen molar-refractivity contribution in [2.24, 2.45) is 5.92 Å². The van der Waals surface area contributed by atoms with Crippen LogP contribution in [0.4, 0.5) is 0 Å². The van der Waals surface area contributed by atoms with Gasteiger partial charge in [-0.05, 0) is 30.5 Å². The summed E-state index contributed by atoms with van der Waals surface area (Å²) in [6.07, 6.45) is 2.73. The average Bonchev–Trinajstić information content (AvgIpc) is 2.73. The van der Waals surface area contributed by atoms with Crippen LogP contribution in [0.1, 0.15) is 56.3 Å². The van der Waals surface area contributed by atoms with Gasteiger partial charge in [0.15, 0.2) is 0 Å². The molecule has 5 heteroatoms. The predicted octanol–water partition coefficient (Wildman–Crippen LogP) is 4.78. The Morgan fingerprint density at radius 2 is 1.39 bits per heavy atom. The maximum atomic E-state index is 13.2. The van der Waals surface area contributed by atoms with Gasteiger partial charge < -0.3 is 5.32 Å². The molecule has 0 aliphatic rings. The topological polar surface area (TPSA) is 49.4 Å². The fraction of sp³-hybridized carbons (Fsp3) is 0.478. The highest BCUT2D eigenvalue weighted by atomic mass is 32.2. The lowest BCUT2D eigenvalue weighted by atomic mass is 9.93. The van der Waals surface area contributed by atoms with Crippen LogP contribution in [0.2, 0.25) is 0 Å². The molecule has 0 aliphatic carbocycles. The molecule has 0 fully saturated rings. The van der Waals surface area contributed by atoms with Crippen molar-refractivity contribution in [3.05, 3.63) is 71.8 Å². The first kappa shape index (κ1) is 22.6. The fourth-order valence-corrected chi connectivity index (χ4v) is 5.27. The van der Waals surface area contributed by atoms with E-state index in [1.165, 1.54) is 0 Å². The first-order valence-corrected chi connectivity index (χ1v) is 11.8. The van der Waals surface area contributed by atoms with Gasteiger partial charge >= 0.3 is 0 Å². The standard InChI is InChI=1S/C23H34N2O2S/c1-5-19(6-2)17-18-28(26,27)25(4)23(21-15-11-8-12-16-21)22(24-3)20-13-9-7-10-14-20/h7-16,19,22-24H,5-6,17-18H2,1-4H3. The zero-order chi connectivity index (χ0) is 20.6. The van der Waals surface area contributed by atoms with E-state index in [4.69, 9.17) is 0 Å². The number of nitrogens with one attached hydrogen (secondary N) is 1. The van der Waals surface area contributed by atoms with Gasteiger partial charge in [-0.15, -0.1) is 0 Å². The molecular formula is C23H34N2O2S. The number of sulfonamides is 1. The highest BCUT2D eigenvalue weighted by molar-refractivity contribution is 7.89. The van der Waals surface area contributed by atoms with Crippen LogP contribution in [0.15, 0.2) is 60.7 Å². The molecule has 0 saturated carbocycles. The smallest absolute Gasteiger partial charge is 0.214 e.